The highest BCUT2D eigenvalue weighted by molar-refractivity contribution is 5.85. The highest BCUT2D eigenvalue weighted by Crippen LogP contribution is 2.33. The molecular formula is C24H26N8O5. The lowest BCUT2D eigenvalue weighted by atomic mass is 10.1. The first-order valence-corrected chi connectivity index (χ1v) is 11.5. The maximum atomic E-state index is 12.2. The number of fused-ring (bicyclic) bond motifs is 1. The van der Waals surface area contributed by atoms with Crippen LogP contribution in [0, 0.1) is 13.8 Å². The number of nitrogens with one attached hydrogen (secondary N) is 2. The fourth-order valence-corrected chi connectivity index (χ4v) is 4.17. The summed E-state index contributed by atoms with van der Waals surface area (Å²) in [5, 5.41) is 24.5. The van der Waals surface area contributed by atoms with Gasteiger partial charge in [-0.1, -0.05) is 0 Å². The molecule has 4 N–H and O–H groups in total. The van der Waals surface area contributed by atoms with E-state index in [0.29, 0.717) is 34.9 Å². The molecule has 4 aromatic rings. The van der Waals surface area contributed by atoms with E-state index in [9.17, 15) is 15.0 Å². The summed E-state index contributed by atoms with van der Waals surface area (Å²) in [6.07, 6.45) is 1.11. The van der Waals surface area contributed by atoms with E-state index in [1.165, 1.54) is 18.0 Å². The largest absolute Gasteiger partial charge is 0.387 e. The summed E-state index contributed by atoms with van der Waals surface area (Å²) in [7, 11) is 1.26. The SMILES string of the molecule is CONC(=O)[C@H]1O[C@@H](n2cnc3c(NCc4cc(C)ccn4)nc(-c4cncc(C)c4)nc32)[C@H](O)[C@@H]1O. The number of carbonyl (C=O) groups is 1. The molecule has 4 atom stereocenters. The van der Waals surface area contributed by atoms with Crippen LogP contribution in [-0.4, -0.2) is 71.0 Å². The number of rotatable bonds is 7. The second-order valence-corrected chi connectivity index (χ2v) is 8.75. The summed E-state index contributed by atoms with van der Waals surface area (Å²) in [4.78, 5) is 39.3. The van der Waals surface area contributed by atoms with E-state index < -0.39 is 30.4 Å². The molecule has 13 nitrogen and oxygen atoms in total. The van der Waals surface area contributed by atoms with Crippen molar-refractivity contribution in [3.05, 3.63) is 59.9 Å². The van der Waals surface area contributed by atoms with Gasteiger partial charge in [0.2, 0.25) is 0 Å². The molecule has 0 radical (unpaired) electrons. The number of aliphatic hydroxyl groups excluding tert-OH is 2. The van der Waals surface area contributed by atoms with Gasteiger partial charge >= 0.3 is 0 Å². The molecule has 0 spiro atoms. The minimum absolute atomic E-state index is 0.329. The summed E-state index contributed by atoms with van der Waals surface area (Å²) in [6, 6.07) is 5.78. The molecule has 1 fully saturated rings. The Morgan fingerprint density at radius 1 is 1.14 bits per heavy atom. The van der Waals surface area contributed by atoms with Gasteiger partial charge in [-0.2, -0.15) is 0 Å². The van der Waals surface area contributed by atoms with Crippen LogP contribution in [0.4, 0.5) is 5.82 Å². The Morgan fingerprint density at radius 2 is 1.97 bits per heavy atom. The molecule has 1 amide bonds. The van der Waals surface area contributed by atoms with E-state index in [2.05, 4.69) is 35.6 Å². The fourth-order valence-electron chi connectivity index (χ4n) is 4.17. The van der Waals surface area contributed by atoms with Crippen molar-refractivity contribution < 1.29 is 24.6 Å². The molecule has 192 valence electrons. The smallest absolute Gasteiger partial charge is 0.275 e. The van der Waals surface area contributed by atoms with E-state index in [0.717, 1.165) is 16.8 Å². The number of hydroxylamine groups is 1. The maximum absolute atomic E-state index is 12.2. The van der Waals surface area contributed by atoms with Crippen LogP contribution >= 0.6 is 0 Å². The van der Waals surface area contributed by atoms with Crippen molar-refractivity contribution in [1.29, 1.82) is 0 Å². The van der Waals surface area contributed by atoms with Crippen LogP contribution in [0.15, 0.2) is 43.1 Å². The number of carbonyl (C=O) groups excluding carboxylic acids is 1. The van der Waals surface area contributed by atoms with Crippen LogP contribution in [0.2, 0.25) is 0 Å². The lowest BCUT2D eigenvalue weighted by Gasteiger charge is -2.17. The summed E-state index contributed by atoms with van der Waals surface area (Å²) in [6.45, 7) is 4.28. The third kappa shape index (κ3) is 4.84. The standard InChI is InChI=1S/C24H26N8O5/c1-12-4-5-26-15(7-12)10-27-21-16-22(30-20(29-21)14-6-13(2)8-25-9-14)32(11-28-16)24-18(34)17(33)19(37-24)23(35)31-36-3/h4-9,11,17-19,24,33-34H,10H2,1-3H3,(H,31,35)(H,27,29,30)/t17-,18+,19-,24+/m0/s1. The van der Waals surface area contributed by atoms with Gasteiger partial charge in [0.05, 0.1) is 25.7 Å². The third-order valence-corrected chi connectivity index (χ3v) is 5.94. The Balaban J connectivity index is 1.56. The zero-order valence-corrected chi connectivity index (χ0v) is 20.4. The number of nitrogens with zero attached hydrogens (tertiary/aromatic N) is 6. The fraction of sp³-hybridized carbons (Fsp3) is 0.333. The molecule has 1 saturated heterocycles. The quantitative estimate of drug-likeness (QED) is 0.262. The molecule has 0 aromatic carbocycles. The van der Waals surface area contributed by atoms with Crippen LogP contribution in [0.3, 0.4) is 0 Å². The summed E-state index contributed by atoms with van der Waals surface area (Å²) >= 11 is 0. The first-order chi connectivity index (χ1) is 17.9. The molecule has 0 saturated carbocycles. The number of ether oxygens (including phenoxy) is 1. The first-order valence-electron chi connectivity index (χ1n) is 11.5. The van der Waals surface area contributed by atoms with E-state index >= 15 is 0 Å². The van der Waals surface area contributed by atoms with Crippen molar-refractivity contribution in [2.45, 2.75) is 44.9 Å². The molecule has 0 bridgehead atoms. The van der Waals surface area contributed by atoms with E-state index in [4.69, 9.17) is 9.72 Å². The number of imidazole rings is 1. The van der Waals surface area contributed by atoms with Crippen LogP contribution in [0.1, 0.15) is 23.0 Å². The van der Waals surface area contributed by atoms with Crippen molar-refractivity contribution in [1.82, 2.24) is 35.0 Å². The van der Waals surface area contributed by atoms with E-state index in [1.807, 2.05) is 32.0 Å². The van der Waals surface area contributed by atoms with Gasteiger partial charge in [-0.25, -0.2) is 20.4 Å². The van der Waals surface area contributed by atoms with Gasteiger partial charge in [0.1, 0.15) is 12.2 Å². The topological polar surface area (TPSA) is 169 Å². The van der Waals surface area contributed by atoms with Crippen molar-refractivity contribution in [3.8, 4) is 11.4 Å². The maximum Gasteiger partial charge on any atom is 0.275 e. The lowest BCUT2D eigenvalue weighted by Crippen LogP contribution is -2.42. The molecule has 5 heterocycles. The Hall–Kier alpha value is -4.04. The molecule has 4 aromatic heterocycles. The minimum Gasteiger partial charge on any atom is -0.387 e. The Kier molecular flexibility index (Phi) is 6.76. The average Bonchev–Trinajstić information content (AvgIpc) is 3.43. The van der Waals surface area contributed by atoms with Crippen molar-refractivity contribution in [2.75, 3.05) is 12.4 Å². The van der Waals surface area contributed by atoms with Crippen molar-refractivity contribution in [3.63, 3.8) is 0 Å². The Morgan fingerprint density at radius 3 is 2.73 bits per heavy atom. The van der Waals surface area contributed by atoms with Crippen LogP contribution < -0.4 is 10.8 Å². The number of aliphatic hydroxyl groups is 2. The average molecular weight is 507 g/mol. The van der Waals surface area contributed by atoms with Crippen molar-refractivity contribution in [2.24, 2.45) is 0 Å². The zero-order chi connectivity index (χ0) is 26.1. The van der Waals surface area contributed by atoms with Gasteiger partial charge in [-0.05, 0) is 43.2 Å². The van der Waals surface area contributed by atoms with Gasteiger partial charge in [0.15, 0.2) is 35.1 Å². The number of hydrogen-bond donors (Lipinski definition) is 4. The third-order valence-electron chi connectivity index (χ3n) is 5.94. The van der Waals surface area contributed by atoms with Gasteiger partial charge in [0.25, 0.3) is 5.91 Å². The number of hydrogen-bond acceptors (Lipinski definition) is 11. The van der Waals surface area contributed by atoms with Gasteiger partial charge in [-0.15, -0.1) is 0 Å². The van der Waals surface area contributed by atoms with E-state index in [-0.39, 0.29) is 0 Å². The minimum atomic E-state index is -1.50. The Bertz CT molecular complexity index is 1440. The van der Waals surface area contributed by atoms with Gasteiger partial charge in [-0.3, -0.25) is 24.2 Å². The monoisotopic (exact) mass is 506 g/mol. The Labute approximate surface area is 211 Å². The summed E-state index contributed by atoms with van der Waals surface area (Å²) in [5.41, 5.74) is 6.35. The molecule has 5 rings (SSSR count). The summed E-state index contributed by atoms with van der Waals surface area (Å²) in [5.74, 6) is 0.0762. The first kappa shape index (κ1) is 24.6. The van der Waals surface area contributed by atoms with Gasteiger partial charge in [0, 0.05) is 24.2 Å². The van der Waals surface area contributed by atoms with Crippen LogP contribution in [0.25, 0.3) is 22.6 Å². The normalized spacial score (nSPS) is 21.3. The highest BCUT2D eigenvalue weighted by Gasteiger charge is 2.48. The molecule has 37 heavy (non-hydrogen) atoms. The molecule has 0 aliphatic carbocycles. The van der Waals surface area contributed by atoms with Crippen molar-refractivity contribution >= 4 is 22.9 Å². The number of amides is 1. The number of aromatic nitrogens is 6. The number of pyridine rings is 2. The van der Waals surface area contributed by atoms with Crippen LogP contribution in [-0.2, 0) is 20.9 Å². The molecule has 13 heteroatoms. The zero-order valence-electron chi connectivity index (χ0n) is 20.4. The highest BCUT2D eigenvalue weighted by atomic mass is 16.6. The number of aryl methyl sites for hydroxylation is 2. The second-order valence-electron chi connectivity index (χ2n) is 8.75. The number of anilines is 1. The predicted molar refractivity (Wildman–Crippen MR) is 131 cm³/mol. The molecule has 0 unspecified atom stereocenters. The van der Waals surface area contributed by atoms with E-state index in [1.54, 1.807) is 18.6 Å². The summed E-state index contributed by atoms with van der Waals surface area (Å²) < 4.78 is 7.19. The lowest BCUT2D eigenvalue weighted by molar-refractivity contribution is -0.148. The van der Waals surface area contributed by atoms with Crippen LogP contribution in [0.5, 0.6) is 0 Å². The molecular weight excluding hydrogens is 480 g/mol. The molecule has 1 aliphatic rings. The predicted octanol–water partition coefficient (Wildman–Crippen LogP) is 0.809. The van der Waals surface area contributed by atoms with Gasteiger partial charge < -0.3 is 20.3 Å². The molecule has 1 aliphatic heterocycles. The second kappa shape index (κ2) is 10.1.